The number of ether oxygens (including phenoxy) is 2. The number of carbonyl (C=O) groups excluding carboxylic acids is 1. The van der Waals surface area contributed by atoms with Gasteiger partial charge in [-0.15, -0.1) is 0 Å². The van der Waals surface area contributed by atoms with Gasteiger partial charge in [-0.1, -0.05) is 0 Å². The lowest BCUT2D eigenvalue weighted by atomic mass is 10.1. The van der Waals surface area contributed by atoms with Crippen LogP contribution in [0, 0.1) is 0 Å². The summed E-state index contributed by atoms with van der Waals surface area (Å²) in [5, 5.41) is 0. The molecule has 5 heteroatoms. The molecule has 0 saturated carbocycles. The molecule has 1 unspecified atom stereocenters. The van der Waals surface area contributed by atoms with Crippen LogP contribution < -0.4 is 9.47 Å². The standard InChI is InChI=1S/C11H12ClNO3/c1-7(13(2)12)11(14)8-3-4-9-10(5-8)16-6-15-9/h3-5,7H,6H2,1-2H3. The summed E-state index contributed by atoms with van der Waals surface area (Å²) in [6, 6.07) is 4.76. The highest BCUT2D eigenvalue weighted by atomic mass is 35.5. The van der Waals surface area contributed by atoms with Crippen LogP contribution in [0.1, 0.15) is 17.3 Å². The molecular formula is C11H12ClNO3. The lowest BCUT2D eigenvalue weighted by Crippen LogP contribution is -2.29. The van der Waals surface area contributed by atoms with Crippen molar-refractivity contribution in [3.8, 4) is 11.5 Å². The summed E-state index contributed by atoms with van der Waals surface area (Å²) >= 11 is 5.75. The van der Waals surface area contributed by atoms with Gasteiger partial charge in [0.25, 0.3) is 0 Å². The Morgan fingerprint density at radius 2 is 2.12 bits per heavy atom. The van der Waals surface area contributed by atoms with Crippen LogP contribution in [0.3, 0.4) is 0 Å². The van der Waals surface area contributed by atoms with Crippen molar-refractivity contribution in [2.75, 3.05) is 13.8 Å². The Hall–Kier alpha value is -1.26. The van der Waals surface area contributed by atoms with E-state index in [2.05, 4.69) is 0 Å². The molecule has 0 saturated heterocycles. The molecule has 0 fully saturated rings. The van der Waals surface area contributed by atoms with Gasteiger partial charge in [0.1, 0.15) is 0 Å². The van der Waals surface area contributed by atoms with Crippen LogP contribution in [0.2, 0.25) is 0 Å². The second-order valence-corrected chi connectivity index (χ2v) is 4.17. The van der Waals surface area contributed by atoms with E-state index in [9.17, 15) is 4.79 Å². The molecule has 0 N–H and O–H groups in total. The first-order valence-corrected chi connectivity index (χ1v) is 5.26. The minimum Gasteiger partial charge on any atom is -0.454 e. The summed E-state index contributed by atoms with van der Waals surface area (Å²) in [5.41, 5.74) is 0.573. The largest absolute Gasteiger partial charge is 0.454 e. The molecule has 0 aliphatic carbocycles. The zero-order valence-electron chi connectivity index (χ0n) is 9.07. The van der Waals surface area contributed by atoms with E-state index in [4.69, 9.17) is 21.3 Å². The van der Waals surface area contributed by atoms with Crippen molar-refractivity contribution in [3.05, 3.63) is 23.8 Å². The molecule has 86 valence electrons. The first-order valence-electron chi connectivity index (χ1n) is 4.92. The van der Waals surface area contributed by atoms with Gasteiger partial charge in [-0.3, -0.25) is 4.79 Å². The van der Waals surface area contributed by atoms with Crippen molar-refractivity contribution in [1.82, 2.24) is 4.42 Å². The first-order chi connectivity index (χ1) is 7.59. The predicted molar refractivity (Wildman–Crippen MR) is 60.0 cm³/mol. The normalized spacial score (nSPS) is 15.2. The van der Waals surface area contributed by atoms with Gasteiger partial charge in [-0.25, -0.2) is 4.42 Å². The van der Waals surface area contributed by atoms with E-state index in [1.54, 1.807) is 32.2 Å². The number of hydrogen-bond donors (Lipinski definition) is 0. The molecule has 1 aliphatic rings. The molecule has 1 aliphatic heterocycles. The van der Waals surface area contributed by atoms with Crippen LogP contribution in [-0.2, 0) is 0 Å². The minimum absolute atomic E-state index is 0.0456. The summed E-state index contributed by atoms with van der Waals surface area (Å²) in [6.45, 7) is 1.96. The quantitative estimate of drug-likeness (QED) is 0.600. The monoisotopic (exact) mass is 241 g/mol. The Morgan fingerprint density at radius 3 is 2.81 bits per heavy atom. The van der Waals surface area contributed by atoms with Crippen LogP contribution in [-0.4, -0.2) is 30.1 Å². The van der Waals surface area contributed by atoms with Gasteiger partial charge >= 0.3 is 0 Å². The molecule has 0 radical (unpaired) electrons. The van der Waals surface area contributed by atoms with E-state index in [1.165, 1.54) is 4.42 Å². The molecule has 2 rings (SSSR count). The van der Waals surface area contributed by atoms with E-state index in [0.29, 0.717) is 17.1 Å². The van der Waals surface area contributed by atoms with Crippen LogP contribution in [0.15, 0.2) is 18.2 Å². The van der Waals surface area contributed by atoms with E-state index >= 15 is 0 Å². The summed E-state index contributed by atoms with van der Waals surface area (Å²) in [6.07, 6.45) is 0. The highest BCUT2D eigenvalue weighted by molar-refractivity contribution is 6.16. The molecule has 4 nitrogen and oxygen atoms in total. The maximum absolute atomic E-state index is 12.0. The average molecular weight is 242 g/mol. The molecule has 1 aromatic carbocycles. The molecule has 1 atom stereocenters. The minimum atomic E-state index is -0.373. The second-order valence-electron chi connectivity index (χ2n) is 3.63. The van der Waals surface area contributed by atoms with Crippen molar-refractivity contribution in [3.63, 3.8) is 0 Å². The maximum Gasteiger partial charge on any atom is 0.231 e. The SMILES string of the molecule is CC(C(=O)c1ccc2c(c1)OCO2)N(C)Cl. The lowest BCUT2D eigenvalue weighted by Gasteiger charge is -2.15. The number of likely N-dealkylation sites (N-methyl/N-ethyl adjacent to an activating group) is 1. The van der Waals surface area contributed by atoms with Crippen molar-refractivity contribution in [1.29, 1.82) is 0 Å². The van der Waals surface area contributed by atoms with Crippen LogP contribution in [0.4, 0.5) is 0 Å². The molecule has 1 aromatic rings. The van der Waals surface area contributed by atoms with E-state index < -0.39 is 0 Å². The Bertz CT molecular complexity index is 420. The molecule has 16 heavy (non-hydrogen) atoms. The Labute approximate surface area is 98.8 Å². The van der Waals surface area contributed by atoms with Gasteiger partial charge < -0.3 is 9.47 Å². The predicted octanol–water partition coefficient (Wildman–Crippen LogP) is 2.07. The highest BCUT2D eigenvalue weighted by Gasteiger charge is 2.21. The first kappa shape index (κ1) is 11.2. The van der Waals surface area contributed by atoms with E-state index in [-0.39, 0.29) is 18.6 Å². The number of carbonyl (C=O) groups is 1. The molecule has 0 amide bonds. The Balaban J connectivity index is 2.25. The van der Waals surface area contributed by atoms with E-state index in [1.807, 2.05) is 0 Å². The zero-order chi connectivity index (χ0) is 11.7. The zero-order valence-corrected chi connectivity index (χ0v) is 9.82. The fourth-order valence-electron chi connectivity index (χ4n) is 1.45. The van der Waals surface area contributed by atoms with Crippen molar-refractivity contribution >= 4 is 17.6 Å². The van der Waals surface area contributed by atoms with Crippen LogP contribution in [0.25, 0.3) is 0 Å². The number of benzene rings is 1. The summed E-state index contributed by atoms with van der Waals surface area (Å²) in [4.78, 5) is 12.0. The van der Waals surface area contributed by atoms with Gasteiger partial charge in [0.05, 0.1) is 6.04 Å². The summed E-state index contributed by atoms with van der Waals surface area (Å²) < 4.78 is 11.7. The third-order valence-electron chi connectivity index (χ3n) is 2.57. The van der Waals surface area contributed by atoms with Gasteiger partial charge in [-0.2, -0.15) is 0 Å². The van der Waals surface area contributed by atoms with Crippen molar-refractivity contribution in [2.24, 2.45) is 0 Å². The number of rotatable bonds is 3. The van der Waals surface area contributed by atoms with Crippen LogP contribution >= 0.6 is 11.8 Å². The number of ketones is 1. The van der Waals surface area contributed by atoms with Gasteiger partial charge in [0.2, 0.25) is 6.79 Å². The number of halogens is 1. The number of Topliss-reactive ketones (excluding diaryl/α,β-unsaturated/α-hetero) is 1. The van der Waals surface area contributed by atoms with Crippen molar-refractivity contribution in [2.45, 2.75) is 13.0 Å². The highest BCUT2D eigenvalue weighted by Crippen LogP contribution is 2.32. The average Bonchev–Trinajstić information content (AvgIpc) is 2.73. The maximum atomic E-state index is 12.0. The third kappa shape index (κ3) is 1.99. The number of fused-ring (bicyclic) bond motifs is 1. The fourth-order valence-corrected chi connectivity index (χ4v) is 1.54. The lowest BCUT2D eigenvalue weighted by molar-refractivity contribution is 0.0921. The fraction of sp³-hybridized carbons (Fsp3) is 0.364. The third-order valence-corrected chi connectivity index (χ3v) is 2.86. The number of nitrogens with zero attached hydrogens (tertiary/aromatic N) is 1. The van der Waals surface area contributed by atoms with E-state index in [0.717, 1.165) is 0 Å². The van der Waals surface area contributed by atoms with Gasteiger partial charge in [0, 0.05) is 12.6 Å². The molecule has 0 bridgehead atoms. The number of hydrogen-bond acceptors (Lipinski definition) is 4. The molecule has 1 heterocycles. The second kappa shape index (κ2) is 4.31. The van der Waals surface area contributed by atoms with Gasteiger partial charge in [0.15, 0.2) is 17.3 Å². The Kier molecular flexibility index (Phi) is 3.03. The smallest absolute Gasteiger partial charge is 0.231 e. The molecule has 0 aromatic heterocycles. The summed E-state index contributed by atoms with van der Waals surface area (Å²) in [7, 11) is 1.65. The Morgan fingerprint density at radius 1 is 1.44 bits per heavy atom. The van der Waals surface area contributed by atoms with Gasteiger partial charge in [-0.05, 0) is 36.9 Å². The summed E-state index contributed by atoms with van der Waals surface area (Å²) in [5.74, 6) is 1.23. The van der Waals surface area contributed by atoms with Crippen LogP contribution in [0.5, 0.6) is 11.5 Å². The molecule has 0 spiro atoms. The topological polar surface area (TPSA) is 38.8 Å². The van der Waals surface area contributed by atoms with Crippen molar-refractivity contribution < 1.29 is 14.3 Å². The molecular weight excluding hydrogens is 230 g/mol.